The molecular formula is C8H11F3N4. The molecule has 15 heavy (non-hydrogen) atoms. The molecule has 0 aliphatic heterocycles. The maximum Gasteiger partial charge on any atom is 0.264 e. The Morgan fingerprint density at radius 3 is 2.67 bits per heavy atom. The fraction of sp³-hybridized carbons (Fsp3) is 0.500. The number of nitrogens with zero attached hydrogens (tertiary/aromatic N) is 3. The van der Waals surface area contributed by atoms with Gasteiger partial charge in [-0.05, 0) is 6.92 Å². The van der Waals surface area contributed by atoms with Crippen LogP contribution in [-0.4, -0.2) is 22.4 Å². The van der Waals surface area contributed by atoms with E-state index in [1.54, 1.807) is 0 Å². The maximum atomic E-state index is 13.1. The summed E-state index contributed by atoms with van der Waals surface area (Å²) >= 11 is 0. The van der Waals surface area contributed by atoms with Gasteiger partial charge in [0.15, 0.2) is 11.6 Å². The van der Waals surface area contributed by atoms with E-state index in [9.17, 15) is 13.2 Å². The average Bonchev–Trinajstić information content (AvgIpc) is 2.06. The maximum absolute atomic E-state index is 13.1. The Bertz CT molecular complexity index is 350. The van der Waals surface area contributed by atoms with Crippen LogP contribution in [0.3, 0.4) is 0 Å². The smallest absolute Gasteiger partial charge is 0.264 e. The van der Waals surface area contributed by atoms with Crippen LogP contribution < -0.4 is 10.9 Å². The largest absolute Gasteiger partial charge is 0.286 e. The van der Waals surface area contributed by atoms with Gasteiger partial charge in [-0.3, -0.25) is 5.01 Å². The second kappa shape index (κ2) is 4.01. The van der Waals surface area contributed by atoms with E-state index in [4.69, 9.17) is 5.84 Å². The molecule has 0 aromatic carbocycles. The minimum atomic E-state index is -3.01. The summed E-state index contributed by atoms with van der Waals surface area (Å²) in [4.78, 5) is 7.20. The van der Waals surface area contributed by atoms with Gasteiger partial charge in [-0.1, -0.05) is 0 Å². The molecular weight excluding hydrogens is 209 g/mol. The number of aryl methyl sites for hydroxylation is 1. The lowest BCUT2D eigenvalue weighted by Gasteiger charge is -2.21. The molecule has 0 spiro atoms. The van der Waals surface area contributed by atoms with Crippen molar-refractivity contribution in [3.05, 3.63) is 17.8 Å². The quantitative estimate of drug-likeness (QED) is 0.615. The van der Waals surface area contributed by atoms with E-state index < -0.39 is 18.3 Å². The third-order valence-electron chi connectivity index (χ3n) is 1.57. The van der Waals surface area contributed by atoms with Crippen molar-refractivity contribution < 1.29 is 13.2 Å². The predicted octanol–water partition coefficient (Wildman–Crippen LogP) is 1.26. The average molecular weight is 220 g/mol. The van der Waals surface area contributed by atoms with Gasteiger partial charge in [0.1, 0.15) is 5.82 Å². The van der Waals surface area contributed by atoms with E-state index in [1.807, 2.05) is 0 Å². The molecule has 1 aromatic rings. The van der Waals surface area contributed by atoms with Gasteiger partial charge in [0.05, 0.1) is 12.7 Å². The van der Waals surface area contributed by atoms with E-state index in [0.29, 0.717) is 11.9 Å². The van der Waals surface area contributed by atoms with Crippen LogP contribution >= 0.6 is 0 Å². The van der Waals surface area contributed by atoms with Crippen molar-refractivity contribution in [1.29, 1.82) is 0 Å². The first-order valence-electron chi connectivity index (χ1n) is 4.19. The van der Waals surface area contributed by atoms with Crippen LogP contribution in [-0.2, 0) is 0 Å². The lowest BCUT2D eigenvalue weighted by atomic mass is 10.3. The highest BCUT2D eigenvalue weighted by Crippen LogP contribution is 2.18. The zero-order valence-corrected chi connectivity index (χ0v) is 8.34. The van der Waals surface area contributed by atoms with E-state index in [-0.39, 0.29) is 11.6 Å². The van der Waals surface area contributed by atoms with Gasteiger partial charge in [-0.15, -0.1) is 0 Å². The van der Waals surface area contributed by atoms with E-state index >= 15 is 0 Å². The predicted molar refractivity (Wildman–Crippen MR) is 48.9 cm³/mol. The molecule has 1 rings (SSSR count). The molecule has 0 unspecified atom stereocenters. The highest BCUT2D eigenvalue weighted by atomic mass is 19.3. The lowest BCUT2D eigenvalue weighted by Crippen LogP contribution is -2.41. The van der Waals surface area contributed by atoms with Crippen molar-refractivity contribution in [2.75, 3.05) is 11.6 Å². The lowest BCUT2D eigenvalue weighted by molar-refractivity contribution is 0.0296. The standard InChI is InChI=1S/C8H11F3N4/c1-5-13-3-6(9)7(14-5)15(12)4-8(2,10)11/h3H,4,12H2,1-2H3. The normalized spacial score (nSPS) is 11.6. The molecule has 0 amide bonds. The van der Waals surface area contributed by atoms with Crippen molar-refractivity contribution in [3.63, 3.8) is 0 Å². The number of hydrogen-bond donors (Lipinski definition) is 1. The van der Waals surface area contributed by atoms with Gasteiger partial charge in [0, 0.05) is 6.92 Å². The molecule has 84 valence electrons. The molecule has 0 aliphatic rings. The van der Waals surface area contributed by atoms with Crippen LogP contribution in [0, 0.1) is 12.7 Å². The van der Waals surface area contributed by atoms with Crippen molar-refractivity contribution >= 4 is 5.82 Å². The van der Waals surface area contributed by atoms with Gasteiger partial charge >= 0.3 is 0 Å². The Hall–Kier alpha value is -1.37. The van der Waals surface area contributed by atoms with Gasteiger partial charge in [0.2, 0.25) is 0 Å². The summed E-state index contributed by atoms with van der Waals surface area (Å²) in [6.07, 6.45) is 0.894. The van der Waals surface area contributed by atoms with Crippen molar-refractivity contribution in [1.82, 2.24) is 9.97 Å². The van der Waals surface area contributed by atoms with Crippen molar-refractivity contribution in [2.45, 2.75) is 19.8 Å². The topological polar surface area (TPSA) is 55.0 Å². The van der Waals surface area contributed by atoms with Gasteiger partial charge in [-0.25, -0.2) is 29.0 Å². The summed E-state index contributed by atoms with van der Waals surface area (Å²) in [6.45, 7) is 1.40. The monoisotopic (exact) mass is 220 g/mol. The number of alkyl halides is 2. The fourth-order valence-corrected chi connectivity index (χ4v) is 1.02. The molecule has 2 N–H and O–H groups in total. The second-order valence-electron chi connectivity index (χ2n) is 3.29. The summed E-state index contributed by atoms with van der Waals surface area (Å²) in [5, 5.41) is 0.573. The molecule has 4 nitrogen and oxygen atoms in total. The van der Waals surface area contributed by atoms with Crippen LogP contribution in [0.2, 0.25) is 0 Å². The summed E-state index contributed by atoms with van der Waals surface area (Å²) in [7, 11) is 0. The second-order valence-corrected chi connectivity index (χ2v) is 3.29. The Balaban J connectivity index is 2.90. The zero-order chi connectivity index (χ0) is 11.6. The highest BCUT2D eigenvalue weighted by Gasteiger charge is 2.26. The third kappa shape index (κ3) is 3.35. The first-order valence-corrected chi connectivity index (χ1v) is 4.19. The van der Waals surface area contributed by atoms with Gasteiger partial charge in [0.25, 0.3) is 5.92 Å². The number of hydrogen-bond acceptors (Lipinski definition) is 4. The molecule has 1 aromatic heterocycles. The van der Waals surface area contributed by atoms with Crippen molar-refractivity contribution in [3.8, 4) is 0 Å². The number of hydrazine groups is 1. The zero-order valence-electron chi connectivity index (χ0n) is 8.34. The van der Waals surface area contributed by atoms with Crippen molar-refractivity contribution in [2.24, 2.45) is 5.84 Å². The minimum absolute atomic E-state index is 0.265. The number of aromatic nitrogens is 2. The third-order valence-corrected chi connectivity index (χ3v) is 1.57. The summed E-state index contributed by atoms with van der Waals surface area (Å²) in [5.74, 6) is 1.37. The molecule has 0 radical (unpaired) electrons. The number of anilines is 1. The number of nitrogens with two attached hydrogens (primary N) is 1. The van der Waals surface area contributed by atoms with E-state index in [2.05, 4.69) is 9.97 Å². The van der Waals surface area contributed by atoms with Crippen LogP contribution in [0.15, 0.2) is 6.20 Å². The van der Waals surface area contributed by atoms with Gasteiger partial charge < -0.3 is 0 Å². The van der Waals surface area contributed by atoms with Crippen LogP contribution in [0.1, 0.15) is 12.7 Å². The first kappa shape index (κ1) is 11.7. The number of halogens is 3. The summed E-state index contributed by atoms with van der Waals surface area (Å²) in [6, 6.07) is 0. The SMILES string of the molecule is Cc1ncc(F)c(N(N)CC(C)(F)F)n1. The Morgan fingerprint density at radius 1 is 1.53 bits per heavy atom. The number of rotatable bonds is 3. The summed E-state index contributed by atoms with van der Waals surface area (Å²) < 4.78 is 38.3. The molecule has 0 saturated carbocycles. The van der Waals surface area contributed by atoms with Crippen LogP contribution in [0.5, 0.6) is 0 Å². The molecule has 0 fully saturated rings. The van der Waals surface area contributed by atoms with E-state index in [0.717, 1.165) is 6.20 Å². The van der Waals surface area contributed by atoms with Crippen LogP contribution in [0.25, 0.3) is 0 Å². The first-order chi connectivity index (χ1) is 6.79. The Morgan fingerprint density at radius 2 is 2.13 bits per heavy atom. The van der Waals surface area contributed by atoms with Gasteiger partial charge in [-0.2, -0.15) is 0 Å². The molecule has 1 heterocycles. The molecule has 0 aliphatic carbocycles. The van der Waals surface area contributed by atoms with Crippen LogP contribution in [0.4, 0.5) is 19.0 Å². The minimum Gasteiger partial charge on any atom is -0.286 e. The molecule has 0 bridgehead atoms. The molecule has 7 heteroatoms. The Labute approximate surface area is 84.9 Å². The fourth-order valence-electron chi connectivity index (χ4n) is 1.02. The molecule has 0 atom stereocenters. The Kier molecular flexibility index (Phi) is 3.13. The van der Waals surface area contributed by atoms with E-state index in [1.165, 1.54) is 6.92 Å². The summed E-state index contributed by atoms with van der Waals surface area (Å²) in [5.41, 5.74) is 0. The highest BCUT2D eigenvalue weighted by molar-refractivity contribution is 5.37. The molecule has 0 saturated heterocycles.